The van der Waals surface area contributed by atoms with Crippen molar-refractivity contribution in [3.63, 3.8) is 0 Å². The van der Waals surface area contributed by atoms with E-state index in [9.17, 15) is 9.59 Å². The van der Waals surface area contributed by atoms with Crippen molar-refractivity contribution >= 4 is 34.8 Å². The third-order valence-corrected chi connectivity index (χ3v) is 4.82. The molecule has 0 bridgehead atoms. The summed E-state index contributed by atoms with van der Waals surface area (Å²) in [5, 5.41) is 0.664. The Balaban J connectivity index is 1.54. The lowest BCUT2D eigenvalue weighted by Gasteiger charge is -2.06. The fraction of sp³-hybridized carbons (Fsp3) is 0.267. The molecule has 2 amide bonds. The summed E-state index contributed by atoms with van der Waals surface area (Å²) >= 11 is 7.20. The van der Waals surface area contributed by atoms with Gasteiger partial charge >= 0.3 is 0 Å². The van der Waals surface area contributed by atoms with E-state index in [1.54, 1.807) is 18.5 Å². The third kappa shape index (κ3) is 3.13. The molecule has 2 aromatic rings. The predicted molar refractivity (Wildman–Crippen MR) is 84.8 cm³/mol. The van der Waals surface area contributed by atoms with Crippen molar-refractivity contribution in [3.05, 3.63) is 50.9 Å². The monoisotopic (exact) mass is 335 g/mol. The van der Waals surface area contributed by atoms with Crippen molar-refractivity contribution < 1.29 is 9.59 Å². The van der Waals surface area contributed by atoms with Crippen molar-refractivity contribution in [2.75, 3.05) is 0 Å². The fourth-order valence-corrected chi connectivity index (χ4v) is 3.27. The number of aryl methyl sites for hydroxylation is 1. The Kier molecular flexibility index (Phi) is 4.13. The molecule has 1 heterocycles. The van der Waals surface area contributed by atoms with Gasteiger partial charge in [0.05, 0.1) is 11.2 Å². The molecule has 1 aromatic heterocycles. The molecule has 2 N–H and O–H groups in total. The van der Waals surface area contributed by atoms with E-state index >= 15 is 0 Å². The highest BCUT2D eigenvalue weighted by Gasteiger charge is 2.44. The molecule has 1 aromatic carbocycles. The summed E-state index contributed by atoms with van der Waals surface area (Å²) in [7, 11) is 0. The summed E-state index contributed by atoms with van der Waals surface area (Å²) in [6.07, 6.45) is 0.766. The molecule has 1 aliphatic carbocycles. The van der Waals surface area contributed by atoms with Crippen LogP contribution in [0.25, 0.3) is 0 Å². The minimum Gasteiger partial charge on any atom is -0.273 e. The lowest BCUT2D eigenvalue weighted by molar-refractivity contribution is -0.123. The van der Waals surface area contributed by atoms with Gasteiger partial charge in [-0.25, -0.2) is 4.98 Å². The molecule has 0 spiro atoms. The third-order valence-electron chi connectivity index (χ3n) is 3.66. The smallest absolute Gasteiger partial charge is 0.273 e. The second-order valence-electron chi connectivity index (χ2n) is 5.21. The zero-order valence-electron chi connectivity index (χ0n) is 11.8. The molecule has 22 heavy (non-hydrogen) atoms. The number of halogens is 1. The Bertz CT molecular complexity index is 731. The maximum atomic E-state index is 12.1. The second kappa shape index (κ2) is 6.06. The number of amides is 2. The van der Waals surface area contributed by atoms with Crippen molar-refractivity contribution in [1.29, 1.82) is 0 Å². The first-order chi connectivity index (χ1) is 10.6. The van der Waals surface area contributed by atoms with Gasteiger partial charge in [-0.3, -0.25) is 20.4 Å². The standard InChI is InChI=1S/C15H14ClN3O2S/c1-8-13(22-7-17-8)15(21)19-18-14(20)12-6-11(12)9-3-2-4-10(16)5-9/h2-5,7,11-12H,6H2,1H3,(H,18,20)(H,19,21). The summed E-state index contributed by atoms with van der Waals surface area (Å²) in [5.41, 5.74) is 8.22. The molecule has 0 aliphatic heterocycles. The van der Waals surface area contributed by atoms with Gasteiger partial charge in [0.1, 0.15) is 4.88 Å². The highest BCUT2D eigenvalue weighted by molar-refractivity contribution is 7.11. The molecule has 7 heteroatoms. The number of thiazole rings is 1. The largest absolute Gasteiger partial charge is 0.281 e. The molecular formula is C15H14ClN3O2S. The van der Waals surface area contributed by atoms with Crippen LogP contribution >= 0.6 is 22.9 Å². The van der Waals surface area contributed by atoms with Gasteiger partial charge in [0.25, 0.3) is 5.91 Å². The van der Waals surface area contributed by atoms with Gasteiger partial charge in [-0.2, -0.15) is 0 Å². The number of rotatable bonds is 3. The van der Waals surface area contributed by atoms with E-state index in [0.29, 0.717) is 15.6 Å². The van der Waals surface area contributed by atoms with Gasteiger partial charge in [0.15, 0.2) is 0 Å². The van der Waals surface area contributed by atoms with E-state index in [4.69, 9.17) is 11.6 Å². The number of hydrazine groups is 1. The maximum absolute atomic E-state index is 12.1. The number of benzene rings is 1. The Hall–Kier alpha value is -1.92. The number of carbonyl (C=O) groups is 2. The molecule has 2 unspecified atom stereocenters. The summed E-state index contributed by atoms with van der Waals surface area (Å²) in [4.78, 5) is 28.5. The lowest BCUT2D eigenvalue weighted by Crippen LogP contribution is -2.42. The van der Waals surface area contributed by atoms with E-state index in [1.807, 2.05) is 18.2 Å². The summed E-state index contributed by atoms with van der Waals surface area (Å²) in [6.45, 7) is 1.75. The maximum Gasteiger partial charge on any atom is 0.281 e. The van der Waals surface area contributed by atoms with Crippen molar-refractivity contribution in [2.24, 2.45) is 5.92 Å². The minimum absolute atomic E-state index is 0.124. The Morgan fingerprint density at radius 2 is 2.18 bits per heavy atom. The first kappa shape index (κ1) is 15.0. The van der Waals surface area contributed by atoms with Crippen molar-refractivity contribution in [1.82, 2.24) is 15.8 Å². The molecule has 114 valence electrons. The van der Waals surface area contributed by atoms with E-state index in [0.717, 1.165) is 12.0 Å². The second-order valence-corrected chi connectivity index (χ2v) is 6.51. The van der Waals surface area contributed by atoms with E-state index in [2.05, 4.69) is 15.8 Å². The summed E-state index contributed by atoms with van der Waals surface area (Å²) in [5.74, 6) is -0.476. The van der Waals surface area contributed by atoms with Crippen LogP contribution < -0.4 is 10.9 Å². The zero-order valence-corrected chi connectivity index (χ0v) is 13.4. The van der Waals surface area contributed by atoms with Gasteiger partial charge < -0.3 is 0 Å². The van der Waals surface area contributed by atoms with Crippen LogP contribution in [0.3, 0.4) is 0 Å². The highest BCUT2D eigenvalue weighted by atomic mass is 35.5. The number of aromatic nitrogens is 1. The number of hydrogen-bond acceptors (Lipinski definition) is 4. The number of carbonyl (C=O) groups excluding carboxylic acids is 2. The van der Waals surface area contributed by atoms with Gasteiger partial charge in [0, 0.05) is 10.9 Å². The van der Waals surface area contributed by atoms with Crippen molar-refractivity contribution in [3.8, 4) is 0 Å². The van der Waals surface area contributed by atoms with Crippen LogP contribution in [0.2, 0.25) is 5.02 Å². The van der Waals surface area contributed by atoms with Crippen LogP contribution in [0, 0.1) is 12.8 Å². The van der Waals surface area contributed by atoms with Gasteiger partial charge in [-0.15, -0.1) is 11.3 Å². The quantitative estimate of drug-likeness (QED) is 0.847. The van der Waals surface area contributed by atoms with E-state index in [-0.39, 0.29) is 23.7 Å². The van der Waals surface area contributed by atoms with E-state index in [1.165, 1.54) is 11.3 Å². The topological polar surface area (TPSA) is 71.1 Å². The Morgan fingerprint density at radius 1 is 1.36 bits per heavy atom. The normalized spacial score (nSPS) is 19.5. The average Bonchev–Trinajstić information content (AvgIpc) is 3.19. The van der Waals surface area contributed by atoms with Gasteiger partial charge in [0.2, 0.25) is 5.91 Å². The SMILES string of the molecule is Cc1ncsc1C(=O)NNC(=O)C1CC1c1cccc(Cl)c1. The van der Waals surface area contributed by atoms with Crippen LogP contribution in [-0.4, -0.2) is 16.8 Å². The number of nitrogens with one attached hydrogen (secondary N) is 2. The summed E-state index contributed by atoms with van der Waals surface area (Å²) in [6, 6.07) is 7.52. The first-order valence-electron chi connectivity index (χ1n) is 6.82. The molecule has 5 nitrogen and oxygen atoms in total. The molecule has 1 fully saturated rings. The predicted octanol–water partition coefficient (Wildman–Crippen LogP) is 2.67. The van der Waals surface area contributed by atoms with E-state index < -0.39 is 0 Å². The molecule has 1 saturated carbocycles. The fourth-order valence-electron chi connectivity index (χ4n) is 2.38. The van der Waals surface area contributed by atoms with Gasteiger partial charge in [-0.05, 0) is 37.0 Å². The average molecular weight is 336 g/mol. The van der Waals surface area contributed by atoms with Crippen LogP contribution in [-0.2, 0) is 4.79 Å². The first-order valence-corrected chi connectivity index (χ1v) is 8.08. The Labute approximate surface area is 136 Å². The molecule has 2 atom stereocenters. The zero-order chi connectivity index (χ0) is 15.7. The molecular weight excluding hydrogens is 322 g/mol. The van der Waals surface area contributed by atoms with Gasteiger partial charge in [-0.1, -0.05) is 23.7 Å². The number of nitrogens with zero attached hydrogens (tertiary/aromatic N) is 1. The molecule has 0 saturated heterocycles. The minimum atomic E-state index is -0.340. The molecule has 3 rings (SSSR count). The lowest BCUT2D eigenvalue weighted by atomic mass is 10.1. The molecule has 0 radical (unpaired) electrons. The number of hydrogen-bond donors (Lipinski definition) is 2. The van der Waals surface area contributed by atoms with Crippen molar-refractivity contribution in [2.45, 2.75) is 19.3 Å². The van der Waals surface area contributed by atoms with Crippen LogP contribution in [0.1, 0.15) is 33.3 Å². The highest BCUT2D eigenvalue weighted by Crippen LogP contribution is 2.47. The van der Waals surface area contributed by atoms with Crippen LogP contribution in [0.4, 0.5) is 0 Å². The van der Waals surface area contributed by atoms with Crippen LogP contribution in [0.5, 0.6) is 0 Å². The van der Waals surface area contributed by atoms with Crippen LogP contribution in [0.15, 0.2) is 29.8 Å². The Morgan fingerprint density at radius 3 is 2.86 bits per heavy atom. The summed E-state index contributed by atoms with van der Waals surface area (Å²) < 4.78 is 0. The molecule has 1 aliphatic rings.